The Kier molecular flexibility index (Phi) is 6.99. The molecule has 3 rings (SSSR count). The van der Waals surface area contributed by atoms with Gasteiger partial charge in [-0.3, -0.25) is 4.79 Å². The van der Waals surface area contributed by atoms with E-state index in [9.17, 15) is 9.59 Å². The van der Waals surface area contributed by atoms with Crippen molar-refractivity contribution in [2.75, 3.05) is 31.6 Å². The van der Waals surface area contributed by atoms with Crippen molar-refractivity contribution in [1.29, 1.82) is 0 Å². The maximum atomic E-state index is 12.5. The molecule has 0 bridgehead atoms. The minimum absolute atomic E-state index is 0.00964. The lowest BCUT2D eigenvalue weighted by Crippen LogP contribution is -2.46. The standard InChI is InChI=1S/C21H27N5O3/c1-3-29-21(28)26-11-9-17(10-12-26)24-20(27)18-13-23-19(14-22-18)25(2)15-16-7-5-4-6-8-16/h4-8,13-14,17H,3,9-12,15H2,1-2H3,(H,24,27). The molecule has 1 aliphatic heterocycles. The summed E-state index contributed by atoms with van der Waals surface area (Å²) in [4.78, 5) is 36.5. The monoisotopic (exact) mass is 397 g/mol. The van der Waals surface area contributed by atoms with E-state index in [0.717, 1.165) is 0 Å². The highest BCUT2D eigenvalue weighted by atomic mass is 16.6. The largest absolute Gasteiger partial charge is 0.450 e. The Morgan fingerprint density at radius 1 is 1.17 bits per heavy atom. The van der Waals surface area contributed by atoms with E-state index in [1.807, 2.05) is 30.1 Å². The number of hydrogen-bond acceptors (Lipinski definition) is 6. The first kappa shape index (κ1) is 20.6. The molecule has 29 heavy (non-hydrogen) atoms. The average Bonchev–Trinajstić information content (AvgIpc) is 2.75. The molecule has 154 valence electrons. The number of anilines is 1. The Bertz CT molecular complexity index is 805. The number of benzene rings is 1. The SMILES string of the molecule is CCOC(=O)N1CCC(NC(=O)c2cnc(N(C)Cc3ccccc3)cn2)CC1. The third kappa shape index (κ3) is 5.66. The van der Waals surface area contributed by atoms with Gasteiger partial charge in [0, 0.05) is 32.7 Å². The zero-order valence-corrected chi connectivity index (χ0v) is 16.9. The summed E-state index contributed by atoms with van der Waals surface area (Å²) in [5.74, 6) is 0.456. The minimum Gasteiger partial charge on any atom is -0.450 e. The molecule has 0 unspecified atom stereocenters. The van der Waals surface area contributed by atoms with Crippen molar-refractivity contribution < 1.29 is 14.3 Å². The Morgan fingerprint density at radius 2 is 1.90 bits per heavy atom. The van der Waals surface area contributed by atoms with Gasteiger partial charge in [-0.05, 0) is 25.3 Å². The lowest BCUT2D eigenvalue weighted by atomic mass is 10.1. The van der Waals surface area contributed by atoms with Gasteiger partial charge in [-0.1, -0.05) is 30.3 Å². The number of nitrogens with one attached hydrogen (secondary N) is 1. The number of carbonyl (C=O) groups is 2. The summed E-state index contributed by atoms with van der Waals surface area (Å²) >= 11 is 0. The third-order valence-corrected chi connectivity index (χ3v) is 4.88. The fourth-order valence-electron chi connectivity index (χ4n) is 3.25. The highest BCUT2D eigenvalue weighted by Gasteiger charge is 2.25. The number of rotatable bonds is 6. The summed E-state index contributed by atoms with van der Waals surface area (Å²) < 4.78 is 5.01. The predicted molar refractivity (Wildman–Crippen MR) is 110 cm³/mol. The smallest absolute Gasteiger partial charge is 0.409 e. The summed E-state index contributed by atoms with van der Waals surface area (Å²) in [5.41, 5.74) is 1.46. The van der Waals surface area contributed by atoms with Crippen LogP contribution in [0, 0.1) is 0 Å². The second kappa shape index (κ2) is 9.86. The molecule has 2 amide bonds. The van der Waals surface area contributed by atoms with Crippen molar-refractivity contribution in [2.24, 2.45) is 0 Å². The summed E-state index contributed by atoms with van der Waals surface area (Å²) in [6.07, 6.45) is 4.20. The van der Waals surface area contributed by atoms with E-state index in [0.29, 0.717) is 44.9 Å². The van der Waals surface area contributed by atoms with Gasteiger partial charge in [0.1, 0.15) is 11.5 Å². The number of amides is 2. The maximum Gasteiger partial charge on any atom is 0.409 e. The van der Waals surface area contributed by atoms with Gasteiger partial charge in [0.05, 0.1) is 19.0 Å². The van der Waals surface area contributed by atoms with E-state index in [-0.39, 0.29) is 23.7 Å². The van der Waals surface area contributed by atoms with Crippen molar-refractivity contribution in [3.63, 3.8) is 0 Å². The van der Waals surface area contributed by atoms with Crippen LogP contribution in [0.15, 0.2) is 42.7 Å². The van der Waals surface area contributed by atoms with Crippen molar-refractivity contribution in [2.45, 2.75) is 32.4 Å². The number of piperidine rings is 1. The van der Waals surface area contributed by atoms with E-state index >= 15 is 0 Å². The van der Waals surface area contributed by atoms with Crippen LogP contribution in [0.4, 0.5) is 10.6 Å². The molecular formula is C21H27N5O3. The molecular weight excluding hydrogens is 370 g/mol. The number of likely N-dealkylation sites (tertiary alicyclic amines) is 1. The van der Waals surface area contributed by atoms with E-state index in [2.05, 4.69) is 27.4 Å². The van der Waals surface area contributed by atoms with Crippen LogP contribution in [0.2, 0.25) is 0 Å². The van der Waals surface area contributed by atoms with Gasteiger partial charge < -0.3 is 19.9 Å². The number of carbonyl (C=O) groups excluding carboxylic acids is 2. The van der Waals surface area contributed by atoms with E-state index < -0.39 is 0 Å². The van der Waals surface area contributed by atoms with Crippen molar-refractivity contribution >= 4 is 17.8 Å². The van der Waals surface area contributed by atoms with E-state index in [1.165, 1.54) is 11.8 Å². The maximum absolute atomic E-state index is 12.5. The number of nitrogens with zero attached hydrogens (tertiary/aromatic N) is 4. The van der Waals surface area contributed by atoms with Crippen LogP contribution < -0.4 is 10.2 Å². The van der Waals surface area contributed by atoms with Crippen LogP contribution in [0.25, 0.3) is 0 Å². The molecule has 2 aromatic rings. The second-order valence-electron chi connectivity index (χ2n) is 7.04. The zero-order valence-electron chi connectivity index (χ0n) is 16.9. The van der Waals surface area contributed by atoms with Gasteiger partial charge in [-0.15, -0.1) is 0 Å². The number of ether oxygens (including phenoxy) is 1. The first-order valence-corrected chi connectivity index (χ1v) is 9.86. The first-order valence-electron chi connectivity index (χ1n) is 9.86. The highest BCUT2D eigenvalue weighted by molar-refractivity contribution is 5.92. The number of aromatic nitrogens is 2. The van der Waals surface area contributed by atoms with Gasteiger partial charge >= 0.3 is 6.09 Å². The number of hydrogen-bond donors (Lipinski definition) is 1. The fourth-order valence-corrected chi connectivity index (χ4v) is 3.25. The Labute approximate surface area is 170 Å². The molecule has 8 nitrogen and oxygen atoms in total. The van der Waals surface area contributed by atoms with Crippen LogP contribution >= 0.6 is 0 Å². The lowest BCUT2D eigenvalue weighted by Gasteiger charge is -2.31. The molecule has 1 N–H and O–H groups in total. The second-order valence-corrected chi connectivity index (χ2v) is 7.04. The van der Waals surface area contributed by atoms with Crippen LogP contribution in [-0.4, -0.2) is 59.7 Å². The molecule has 0 radical (unpaired) electrons. The van der Waals surface area contributed by atoms with E-state index in [4.69, 9.17) is 4.74 Å². The molecule has 0 atom stereocenters. The summed E-state index contributed by atoms with van der Waals surface area (Å²) in [6.45, 7) is 4.00. The van der Waals surface area contributed by atoms with Gasteiger partial charge in [0.25, 0.3) is 5.91 Å². The summed E-state index contributed by atoms with van der Waals surface area (Å²) in [6, 6.07) is 10.1. The topological polar surface area (TPSA) is 87.7 Å². The van der Waals surface area contributed by atoms with Crippen molar-refractivity contribution in [3.8, 4) is 0 Å². The molecule has 8 heteroatoms. The van der Waals surface area contributed by atoms with Crippen molar-refractivity contribution in [1.82, 2.24) is 20.2 Å². The Balaban J connectivity index is 1.50. The predicted octanol–water partition coefficient (Wildman–Crippen LogP) is 2.46. The normalized spacial score (nSPS) is 14.3. The molecule has 0 aliphatic carbocycles. The van der Waals surface area contributed by atoms with Crippen molar-refractivity contribution in [3.05, 3.63) is 54.0 Å². The summed E-state index contributed by atoms with van der Waals surface area (Å²) in [7, 11) is 1.94. The molecule has 1 fully saturated rings. The van der Waals surface area contributed by atoms with Gasteiger partial charge in [0.2, 0.25) is 0 Å². The Hall–Kier alpha value is -3.16. The minimum atomic E-state index is -0.293. The molecule has 1 aliphatic rings. The quantitative estimate of drug-likeness (QED) is 0.806. The average molecular weight is 397 g/mol. The first-order chi connectivity index (χ1) is 14.1. The highest BCUT2D eigenvalue weighted by Crippen LogP contribution is 2.14. The molecule has 0 spiro atoms. The van der Waals surface area contributed by atoms with Gasteiger partial charge in [-0.25, -0.2) is 14.8 Å². The summed E-state index contributed by atoms with van der Waals surface area (Å²) in [5, 5.41) is 2.98. The zero-order chi connectivity index (χ0) is 20.6. The molecule has 1 saturated heterocycles. The molecule has 0 saturated carbocycles. The molecule has 1 aromatic heterocycles. The van der Waals surface area contributed by atoms with Crippen LogP contribution in [-0.2, 0) is 11.3 Å². The van der Waals surface area contributed by atoms with Crippen LogP contribution in [0.5, 0.6) is 0 Å². The lowest BCUT2D eigenvalue weighted by molar-refractivity contribution is 0.0856. The van der Waals surface area contributed by atoms with E-state index in [1.54, 1.807) is 18.0 Å². The Morgan fingerprint density at radius 3 is 2.52 bits per heavy atom. The van der Waals surface area contributed by atoms with Gasteiger partial charge in [0.15, 0.2) is 0 Å². The molecule has 2 heterocycles. The van der Waals surface area contributed by atoms with Gasteiger partial charge in [-0.2, -0.15) is 0 Å². The van der Waals surface area contributed by atoms with Crippen LogP contribution in [0.3, 0.4) is 0 Å². The van der Waals surface area contributed by atoms with Crippen LogP contribution in [0.1, 0.15) is 35.8 Å². The third-order valence-electron chi connectivity index (χ3n) is 4.88. The molecule has 1 aromatic carbocycles. The fraction of sp³-hybridized carbons (Fsp3) is 0.429.